The second-order valence-corrected chi connectivity index (χ2v) is 9.54. The third-order valence-electron chi connectivity index (χ3n) is 7.50. The Kier molecular flexibility index (Phi) is 4.13. The first kappa shape index (κ1) is 17.9. The molecule has 4 atom stereocenters. The number of hydrogen-bond acceptors (Lipinski definition) is 3. The monoisotopic (exact) mass is 379 g/mol. The van der Waals surface area contributed by atoms with Gasteiger partial charge in [-0.25, -0.2) is 0 Å². The molecular formula is C23H29N3O2. The first-order valence-corrected chi connectivity index (χ1v) is 10.5. The van der Waals surface area contributed by atoms with Crippen LogP contribution < -0.4 is 10.9 Å². The fourth-order valence-corrected chi connectivity index (χ4v) is 6.32. The highest BCUT2D eigenvalue weighted by atomic mass is 16.2. The number of pyridine rings is 1. The van der Waals surface area contributed by atoms with Crippen LogP contribution in [0.4, 0.5) is 5.69 Å². The smallest absolute Gasteiger partial charge is 0.258 e. The van der Waals surface area contributed by atoms with E-state index in [0.29, 0.717) is 17.8 Å². The maximum atomic E-state index is 13.4. The summed E-state index contributed by atoms with van der Waals surface area (Å²) in [5.41, 5.74) is 0.630. The van der Waals surface area contributed by atoms with Crippen LogP contribution in [-0.4, -0.2) is 36.0 Å². The van der Waals surface area contributed by atoms with E-state index in [0.717, 1.165) is 42.3 Å². The van der Waals surface area contributed by atoms with Gasteiger partial charge in [0.05, 0.1) is 5.41 Å². The van der Waals surface area contributed by atoms with E-state index in [2.05, 4.69) is 10.2 Å². The van der Waals surface area contributed by atoms with Crippen molar-refractivity contribution in [2.45, 2.75) is 38.6 Å². The Morgan fingerprint density at radius 3 is 2.61 bits per heavy atom. The number of carbonyl (C=O) groups is 1. The molecule has 2 unspecified atom stereocenters. The number of nitrogens with one attached hydrogen (secondary N) is 1. The quantitative estimate of drug-likeness (QED) is 0.867. The zero-order valence-electron chi connectivity index (χ0n) is 16.8. The molecule has 4 aliphatic rings. The number of anilines is 1. The number of amides is 1. The van der Waals surface area contributed by atoms with Crippen molar-refractivity contribution in [3.8, 4) is 0 Å². The molecule has 1 aromatic carbocycles. The average Bonchev–Trinajstić information content (AvgIpc) is 3.06. The number of carbonyl (C=O) groups excluding carboxylic acids is 1. The maximum Gasteiger partial charge on any atom is 0.258 e. The summed E-state index contributed by atoms with van der Waals surface area (Å²) in [5, 5.41) is 4.75. The Morgan fingerprint density at radius 2 is 1.89 bits per heavy atom. The standard InChI is InChI=1S/C23H29N3O2/c1-25(2)8-9-26-7-6-18-19(21(26)27)4-3-5-20(18)24-22(28)23-13-15-10-16(14-23)12-17(23)11-15/h3-7,15-17H,8-14H2,1-2H3,(H,24,28)/t15-,16+,17?,23?. The van der Waals surface area contributed by atoms with Crippen molar-refractivity contribution in [1.29, 1.82) is 0 Å². The molecule has 0 saturated heterocycles. The summed E-state index contributed by atoms with van der Waals surface area (Å²) in [4.78, 5) is 28.3. The highest BCUT2D eigenvalue weighted by molar-refractivity contribution is 6.04. The lowest BCUT2D eigenvalue weighted by atomic mass is 9.75. The molecule has 0 aliphatic heterocycles. The molecule has 4 saturated carbocycles. The zero-order valence-corrected chi connectivity index (χ0v) is 16.8. The van der Waals surface area contributed by atoms with Gasteiger partial charge in [0.1, 0.15) is 0 Å². The van der Waals surface area contributed by atoms with Gasteiger partial charge in [0, 0.05) is 35.7 Å². The zero-order chi connectivity index (χ0) is 19.5. The topological polar surface area (TPSA) is 54.3 Å². The third kappa shape index (κ3) is 2.71. The summed E-state index contributed by atoms with van der Waals surface area (Å²) >= 11 is 0. The second kappa shape index (κ2) is 6.45. The van der Waals surface area contributed by atoms with Crippen LogP contribution in [0.1, 0.15) is 32.1 Å². The molecule has 6 rings (SSSR count). The van der Waals surface area contributed by atoms with Gasteiger partial charge in [-0.3, -0.25) is 9.59 Å². The lowest BCUT2D eigenvalue weighted by Crippen LogP contribution is -2.37. The third-order valence-corrected chi connectivity index (χ3v) is 7.50. The first-order chi connectivity index (χ1) is 13.5. The van der Waals surface area contributed by atoms with Gasteiger partial charge in [-0.15, -0.1) is 0 Å². The van der Waals surface area contributed by atoms with E-state index in [1.165, 1.54) is 19.3 Å². The minimum atomic E-state index is -0.156. The fraction of sp³-hybridized carbons (Fsp3) is 0.565. The molecule has 4 fully saturated rings. The molecule has 2 aromatic rings. The summed E-state index contributed by atoms with van der Waals surface area (Å²) in [7, 11) is 4.00. The van der Waals surface area contributed by atoms with E-state index >= 15 is 0 Å². The van der Waals surface area contributed by atoms with E-state index < -0.39 is 0 Å². The Labute approximate surface area is 165 Å². The molecule has 1 amide bonds. The lowest BCUT2D eigenvalue weighted by molar-refractivity contribution is -0.127. The number of likely N-dealkylation sites (N-methyl/N-ethyl adjacent to an activating group) is 1. The van der Waals surface area contributed by atoms with E-state index in [1.807, 2.05) is 44.6 Å². The van der Waals surface area contributed by atoms with Crippen molar-refractivity contribution < 1.29 is 4.79 Å². The van der Waals surface area contributed by atoms with Crippen molar-refractivity contribution in [1.82, 2.24) is 9.47 Å². The van der Waals surface area contributed by atoms with Gasteiger partial charge in [0.2, 0.25) is 5.91 Å². The molecule has 0 radical (unpaired) electrons. The van der Waals surface area contributed by atoms with Gasteiger partial charge in [-0.1, -0.05) is 6.07 Å². The largest absolute Gasteiger partial charge is 0.325 e. The lowest BCUT2D eigenvalue weighted by Gasteiger charge is -2.31. The molecule has 5 heteroatoms. The van der Waals surface area contributed by atoms with Crippen LogP contribution in [0.2, 0.25) is 0 Å². The number of aromatic nitrogens is 1. The molecule has 28 heavy (non-hydrogen) atoms. The minimum absolute atomic E-state index is 0.00876. The highest BCUT2D eigenvalue weighted by Crippen LogP contribution is 2.65. The van der Waals surface area contributed by atoms with Crippen LogP contribution in [0.5, 0.6) is 0 Å². The molecule has 4 aliphatic carbocycles. The second-order valence-electron chi connectivity index (χ2n) is 9.54. The van der Waals surface area contributed by atoms with Crippen LogP contribution in [0.15, 0.2) is 35.3 Å². The van der Waals surface area contributed by atoms with Gasteiger partial charge in [-0.2, -0.15) is 0 Å². The molecule has 1 aromatic heterocycles. The van der Waals surface area contributed by atoms with Crippen LogP contribution in [0.3, 0.4) is 0 Å². The van der Waals surface area contributed by atoms with Crippen molar-refractivity contribution >= 4 is 22.4 Å². The van der Waals surface area contributed by atoms with E-state index in [-0.39, 0.29) is 16.9 Å². The number of rotatable bonds is 5. The number of benzene rings is 1. The van der Waals surface area contributed by atoms with E-state index in [4.69, 9.17) is 0 Å². The van der Waals surface area contributed by atoms with Crippen LogP contribution in [-0.2, 0) is 11.3 Å². The summed E-state index contributed by atoms with van der Waals surface area (Å²) in [6, 6.07) is 7.64. The summed E-state index contributed by atoms with van der Waals surface area (Å²) in [5.74, 6) is 2.25. The molecule has 0 spiro atoms. The molecule has 148 valence electrons. The van der Waals surface area contributed by atoms with Gasteiger partial charge < -0.3 is 14.8 Å². The Hall–Kier alpha value is -2.14. The maximum absolute atomic E-state index is 13.4. The average molecular weight is 380 g/mol. The normalized spacial score (nSPS) is 30.5. The van der Waals surface area contributed by atoms with Crippen LogP contribution in [0.25, 0.3) is 10.8 Å². The van der Waals surface area contributed by atoms with Crippen molar-refractivity contribution in [2.24, 2.45) is 23.2 Å². The Balaban J connectivity index is 1.44. The van der Waals surface area contributed by atoms with Gasteiger partial charge in [0.25, 0.3) is 5.56 Å². The van der Waals surface area contributed by atoms with Crippen molar-refractivity contribution in [2.75, 3.05) is 26.0 Å². The van der Waals surface area contributed by atoms with E-state index in [9.17, 15) is 9.59 Å². The number of fused-ring (bicyclic) bond motifs is 1. The molecular weight excluding hydrogens is 350 g/mol. The van der Waals surface area contributed by atoms with Crippen LogP contribution in [0, 0.1) is 23.2 Å². The predicted molar refractivity (Wildman–Crippen MR) is 111 cm³/mol. The predicted octanol–water partition coefficient (Wildman–Crippen LogP) is 3.33. The number of hydrogen-bond donors (Lipinski definition) is 1. The Bertz CT molecular complexity index is 979. The molecule has 4 bridgehead atoms. The molecule has 1 N–H and O–H groups in total. The van der Waals surface area contributed by atoms with Gasteiger partial charge in [0.15, 0.2) is 0 Å². The van der Waals surface area contributed by atoms with E-state index in [1.54, 1.807) is 4.57 Å². The number of nitrogens with zero attached hydrogens (tertiary/aromatic N) is 2. The Morgan fingerprint density at radius 1 is 1.14 bits per heavy atom. The SMILES string of the molecule is CN(C)CCn1ccc2c(NC(=O)C34C[C@@H]5CC3C[C@@H](C5)C4)cccc2c1=O. The van der Waals surface area contributed by atoms with Gasteiger partial charge >= 0.3 is 0 Å². The molecule has 5 nitrogen and oxygen atoms in total. The summed E-state index contributed by atoms with van der Waals surface area (Å²) < 4.78 is 1.75. The fourth-order valence-electron chi connectivity index (χ4n) is 6.32. The minimum Gasteiger partial charge on any atom is -0.325 e. The summed E-state index contributed by atoms with van der Waals surface area (Å²) in [6.45, 7) is 1.47. The van der Waals surface area contributed by atoms with Gasteiger partial charge in [-0.05, 0) is 82.2 Å². The van der Waals surface area contributed by atoms with Crippen LogP contribution >= 0.6 is 0 Å². The molecule has 1 heterocycles. The summed E-state index contributed by atoms with van der Waals surface area (Å²) in [6.07, 6.45) is 7.76. The first-order valence-electron chi connectivity index (χ1n) is 10.5. The highest BCUT2D eigenvalue weighted by Gasteiger charge is 2.61. The van der Waals surface area contributed by atoms with Crippen molar-refractivity contribution in [3.63, 3.8) is 0 Å². The van der Waals surface area contributed by atoms with Crippen molar-refractivity contribution in [3.05, 3.63) is 40.8 Å².